The van der Waals surface area contributed by atoms with Gasteiger partial charge in [-0.1, -0.05) is 34.1 Å². The molecule has 0 bridgehead atoms. The van der Waals surface area contributed by atoms with Crippen molar-refractivity contribution in [2.45, 2.75) is 19.0 Å². The number of hydrogen-bond donors (Lipinski definition) is 1. The summed E-state index contributed by atoms with van der Waals surface area (Å²) in [4.78, 5) is 14.2. The average Bonchev–Trinajstić information content (AvgIpc) is 2.83. The number of amides is 2. The molecule has 1 aromatic carbocycles. The quantitative estimate of drug-likeness (QED) is 0.800. The Morgan fingerprint density at radius 2 is 2.17 bits per heavy atom. The van der Waals surface area contributed by atoms with Gasteiger partial charge in [0.25, 0.3) is 0 Å². The van der Waals surface area contributed by atoms with E-state index in [0.717, 1.165) is 15.7 Å². The molecule has 6 heteroatoms. The number of nitrogens with zero attached hydrogens (tertiary/aromatic N) is 1. The Balaban J connectivity index is 1.93. The van der Waals surface area contributed by atoms with Crippen LogP contribution in [-0.2, 0) is 4.74 Å². The van der Waals surface area contributed by atoms with Gasteiger partial charge in [-0.3, -0.25) is 4.90 Å². The van der Waals surface area contributed by atoms with Gasteiger partial charge < -0.3 is 14.8 Å². The number of hydrogen-bond acceptors (Lipinski definition) is 3. The standard InChI is InChI=1S/C17H19BrN2O3/c1-11-3-6-14(16(9-11)23-8-7-22-2)20-15-10-12(18)4-5-13(15)19-17(20)21/h3-6,9-10,13,15H,7-8H2,1-2H3,(H,19,21). The number of anilines is 1. The number of ether oxygens (including phenoxy) is 2. The second-order valence-electron chi connectivity index (χ2n) is 5.56. The van der Waals surface area contributed by atoms with E-state index in [2.05, 4.69) is 21.2 Å². The first-order valence-electron chi connectivity index (χ1n) is 7.48. The summed E-state index contributed by atoms with van der Waals surface area (Å²) in [5.41, 5.74) is 1.85. The molecule has 2 atom stereocenters. The first-order valence-corrected chi connectivity index (χ1v) is 8.27. The molecule has 2 amide bonds. The largest absolute Gasteiger partial charge is 0.489 e. The third-order valence-corrected chi connectivity index (χ3v) is 4.42. The van der Waals surface area contributed by atoms with Crippen molar-refractivity contribution >= 4 is 27.6 Å². The van der Waals surface area contributed by atoms with E-state index >= 15 is 0 Å². The highest BCUT2D eigenvalue weighted by atomic mass is 79.9. The van der Waals surface area contributed by atoms with Crippen molar-refractivity contribution in [3.63, 3.8) is 0 Å². The van der Waals surface area contributed by atoms with Crippen LogP contribution in [0.2, 0.25) is 0 Å². The second kappa shape index (κ2) is 6.76. The zero-order chi connectivity index (χ0) is 16.4. The zero-order valence-corrected chi connectivity index (χ0v) is 14.7. The summed E-state index contributed by atoms with van der Waals surface area (Å²) in [5.74, 6) is 0.692. The highest BCUT2D eigenvalue weighted by molar-refractivity contribution is 9.11. The lowest BCUT2D eigenvalue weighted by atomic mass is 10.0. The minimum absolute atomic E-state index is 0.0306. The van der Waals surface area contributed by atoms with Crippen LogP contribution in [0.15, 0.2) is 40.9 Å². The molecule has 5 nitrogen and oxygen atoms in total. The number of carbonyl (C=O) groups is 1. The molecule has 1 heterocycles. The van der Waals surface area contributed by atoms with E-state index in [0.29, 0.717) is 19.0 Å². The van der Waals surface area contributed by atoms with Gasteiger partial charge in [0.1, 0.15) is 12.4 Å². The summed E-state index contributed by atoms with van der Waals surface area (Å²) >= 11 is 3.49. The molecule has 2 aliphatic rings. The van der Waals surface area contributed by atoms with Gasteiger partial charge in [0.05, 0.1) is 24.4 Å². The van der Waals surface area contributed by atoms with Crippen molar-refractivity contribution < 1.29 is 14.3 Å². The zero-order valence-electron chi connectivity index (χ0n) is 13.1. The predicted octanol–water partition coefficient (Wildman–Crippen LogP) is 3.14. The molecular weight excluding hydrogens is 360 g/mol. The van der Waals surface area contributed by atoms with E-state index in [4.69, 9.17) is 9.47 Å². The van der Waals surface area contributed by atoms with Gasteiger partial charge in [-0.25, -0.2) is 4.79 Å². The van der Waals surface area contributed by atoms with Crippen molar-refractivity contribution in [2.75, 3.05) is 25.2 Å². The Morgan fingerprint density at radius 1 is 1.35 bits per heavy atom. The molecule has 122 valence electrons. The van der Waals surface area contributed by atoms with Crippen molar-refractivity contribution in [1.29, 1.82) is 0 Å². The predicted molar refractivity (Wildman–Crippen MR) is 93.3 cm³/mol. The van der Waals surface area contributed by atoms with E-state index in [-0.39, 0.29) is 18.1 Å². The maximum atomic E-state index is 12.5. The van der Waals surface area contributed by atoms with Crippen LogP contribution in [0.1, 0.15) is 5.56 Å². The molecule has 23 heavy (non-hydrogen) atoms. The molecule has 1 fully saturated rings. The highest BCUT2D eigenvalue weighted by Gasteiger charge is 2.40. The molecule has 1 N–H and O–H groups in total. The summed E-state index contributed by atoms with van der Waals surface area (Å²) in [7, 11) is 1.63. The Hall–Kier alpha value is -1.79. The maximum Gasteiger partial charge on any atom is 0.323 e. The maximum absolute atomic E-state index is 12.5. The summed E-state index contributed by atoms with van der Waals surface area (Å²) in [6.07, 6.45) is 5.98. The second-order valence-corrected chi connectivity index (χ2v) is 6.47. The van der Waals surface area contributed by atoms with E-state index < -0.39 is 0 Å². The molecular formula is C17H19BrN2O3. The number of aryl methyl sites for hydroxylation is 1. The van der Waals surface area contributed by atoms with E-state index in [1.807, 2.05) is 43.4 Å². The number of benzene rings is 1. The highest BCUT2D eigenvalue weighted by Crippen LogP contribution is 2.36. The SMILES string of the molecule is COCCOc1cc(C)ccc1N1C(=O)NC2C=CC(Br)=CC21. The number of halogens is 1. The summed E-state index contributed by atoms with van der Waals surface area (Å²) < 4.78 is 11.8. The molecule has 3 rings (SSSR count). The minimum Gasteiger partial charge on any atom is -0.489 e. The molecule has 0 spiro atoms. The number of fused-ring (bicyclic) bond motifs is 1. The van der Waals surface area contributed by atoms with Gasteiger partial charge in [0.15, 0.2) is 0 Å². The van der Waals surface area contributed by atoms with Crippen molar-refractivity contribution in [3.8, 4) is 5.75 Å². The fourth-order valence-corrected chi connectivity index (χ4v) is 3.21. The minimum atomic E-state index is -0.122. The van der Waals surface area contributed by atoms with Gasteiger partial charge in [0.2, 0.25) is 0 Å². The normalized spacial score (nSPS) is 22.7. The third-order valence-electron chi connectivity index (χ3n) is 3.89. The van der Waals surface area contributed by atoms with Crippen LogP contribution in [0, 0.1) is 6.92 Å². The molecule has 1 aliphatic carbocycles. The lowest BCUT2D eigenvalue weighted by molar-refractivity contribution is 0.146. The molecule has 1 aromatic rings. The van der Waals surface area contributed by atoms with Gasteiger partial charge in [-0.05, 0) is 30.7 Å². The monoisotopic (exact) mass is 378 g/mol. The fourth-order valence-electron chi connectivity index (χ4n) is 2.79. The van der Waals surface area contributed by atoms with Crippen molar-refractivity contribution in [1.82, 2.24) is 5.32 Å². The van der Waals surface area contributed by atoms with Crippen LogP contribution in [0.4, 0.5) is 10.5 Å². The van der Waals surface area contributed by atoms with Crippen molar-refractivity contribution in [2.24, 2.45) is 0 Å². The lowest BCUT2D eigenvalue weighted by Crippen LogP contribution is -2.36. The Labute approximate surface area is 144 Å². The van der Waals surface area contributed by atoms with Crippen LogP contribution in [-0.4, -0.2) is 38.4 Å². The summed E-state index contributed by atoms with van der Waals surface area (Å²) in [6.45, 7) is 2.94. The molecule has 1 aliphatic heterocycles. The van der Waals surface area contributed by atoms with Gasteiger partial charge >= 0.3 is 6.03 Å². The fraction of sp³-hybridized carbons (Fsp3) is 0.353. The van der Waals surface area contributed by atoms with Gasteiger partial charge in [-0.2, -0.15) is 0 Å². The van der Waals surface area contributed by atoms with Crippen LogP contribution in [0.25, 0.3) is 0 Å². The van der Waals surface area contributed by atoms with E-state index in [9.17, 15) is 4.79 Å². The number of urea groups is 1. The van der Waals surface area contributed by atoms with Gasteiger partial charge in [0, 0.05) is 11.6 Å². The molecule has 0 aromatic heterocycles. The molecule has 1 saturated heterocycles. The summed E-state index contributed by atoms with van der Waals surface area (Å²) in [5, 5.41) is 2.99. The van der Waals surface area contributed by atoms with Crippen LogP contribution >= 0.6 is 15.9 Å². The van der Waals surface area contributed by atoms with Gasteiger partial charge in [-0.15, -0.1) is 0 Å². The molecule has 0 radical (unpaired) electrons. The van der Waals surface area contributed by atoms with Crippen LogP contribution in [0.3, 0.4) is 0 Å². The van der Waals surface area contributed by atoms with Crippen LogP contribution in [0.5, 0.6) is 5.75 Å². The molecule has 0 saturated carbocycles. The topological polar surface area (TPSA) is 50.8 Å². The number of nitrogens with one attached hydrogen (secondary N) is 1. The number of carbonyl (C=O) groups excluding carboxylic acids is 1. The number of methoxy groups -OCH3 is 1. The Morgan fingerprint density at radius 3 is 2.96 bits per heavy atom. The smallest absolute Gasteiger partial charge is 0.323 e. The molecule has 2 unspecified atom stereocenters. The van der Waals surface area contributed by atoms with E-state index in [1.165, 1.54) is 0 Å². The average molecular weight is 379 g/mol. The lowest BCUT2D eigenvalue weighted by Gasteiger charge is -2.26. The summed E-state index contributed by atoms with van der Waals surface area (Å²) in [6, 6.07) is 5.63. The number of allylic oxidation sites excluding steroid dienone is 2. The van der Waals surface area contributed by atoms with Crippen LogP contribution < -0.4 is 15.0 Å². The number of rotatable bonds is 5. The van der Waals surface area contributed by atoms with Crippen molar-refractivity contribution in [3.05, 3.63) is 46.5 Å². The Bertz CT molecular complexity index is 672. The first-order chi connectivity index (χ1) is 11.1. The third kappa shape index (κ3) is 3.28. The van der Waals surface area contributed by atoms with E-state index in [1.54, 1.807) is 12.0 Å². The first kappa shape index (κ1) is 16.1. The Kier molecular flexibility index (Phi) is 4.73.